The summed E-state index contributed by atoms with van der Waals surface area (Å²) >= 11 is 9.38. The summed E-state index contributed by atoms with van der Waals surface area (Å²) in [5, 5.41) is 4.21. The van der Waals surface area contributed by atoms with Gasteiger partial charge in [-0.15, -0.1) is 0 Å². The molecule has 148 valence electrons. The molecule has 29 heavy (non-hydrogen) atoms. The maximum absolute atomic E-state index is 12.0. The SMILES string of the molecule is COC(=O)c1cc(-c2ccc(/C=N\NC(=O)Cc3ccc(Br)cc3)o2)ccc1Cl. The second-order valence-electron chi connectivity index (χ2n) is 5.98. The molecule has 1 heterocycles. The van der Waals surface area contributed by atoms with Crippen LogP contribution in [0.1, 0.15) is 21.7 Å². The summed E-state index contributed by atoms with van der Waals surface area (Å²) in [5.41, 5.74) is 4.25. The van der Waals surface area contributed by atoms with Crippen LogP contribution in [0.15, 0.2) is 68.6 Å². The van der Waals surface area contributed by atoms with Gasteiger partial charge in [0.25, 0.3) is 0 Å². The van der Waals surface area contributed by atoms with E-state index in [1.54, 1.807) is 30.3 Å². The number of carbonyl (C=O) groups is 2. The van der Waals surface area contributed by atoms with Crippen molar-refractivity contribution < 1.29 is 18.7 Å². The largest absolute Gasteiger partial charge is 0.465 e. The normalized spacial score (nSPS) is 10.9. The second-order valence-corrected chi connectivity index (χ2v) is 7.31. The molecule has 6 nitrogen and oxygen atoms in total. The van der Waals surface area contributed by atoms with Crippen molar-refractivity contribution >= 4 is 45.6 Å². The Bertz CT molecular complexity index is 1060. The van der Waals surface area contributed by atoms with Crippen LogP contribution in [0.2, 0.25) is 5.02 Å². The lowest BCUT2D eigenvalue weighted by molar-refractivity contribution is -0.120. The second kappa shape index (κ2) is 9.54. The molecule has 8 heteroatoms. The van der Waals surface area contributed by atoms with E-state index in [2.05, 4.69) is 26.5 Å². The molecule has 0 spiro atoms. The highest BCUT2D eigenvalue weighted by Gasteiger charge is 2.13. The molecular weight excluding hydrogens is 460 g/mol. The summed E-state index contributed by atoms with van der Waals surface area (Å²) in [6.45, 7) is 0. The number of amides is 1. The minimum Gasteiger partial charge on any atom is -0.465 e. The van der Waals surface area contributed by atoms with Gasteiger partial charge in [0.15, 0.2) is 0 Å². The summed E-state index contributed by atoms with van der Waals surface area (Å²) in [6, 6.07) is 15.8. The molecule has 0 saturated heterocycles. The third-order valence-corrected chi connectivity index (χ3v) is 4.80. The van der Waals surface area contributed by atoms with Crippen LogP contribution in [0, 0.1) is 0 Å². The summed E-state index contributed by atoms with van der Waals surface area (Å²) in [7, 11) is 1.29. The number of furan rings is 1. The number of halogens is 2. The van der Waals surface area contributed by atoms with Gasteiger partial charge in [-0.05, 0) is 48.0 Å². The molecular formula is C21H16BrClN2O4. The first-order chi connectivity index (χ1) is 14.0. The number of carbonyl (C=O) groups excluding carboxylic acids is 2. The number of rotatable bonds is 6. The van der Waals surface area contributed by atoms with Crippen molar-refractivity contribution in [1.29, 1.82) is 0 Å². The molecule has 0 bridgehead atoms. The number of hydrogen-bond acceptors (Lipinski definition) is 5. The van der Waals surface area contributed by atoms with Gasteiger partial charge >= 0.3 is 5.97 Å². The van der Waals surface area contributed by atoms with E-state index in [0.717, 1.165) is 10.0 Å². The Kier molecular flexibility index (Phi) is 6.85. The average Bonchev–Trinajstić information content (AvgIpc) is 3.18. The number of esters is 1. The maximum atomic E-state index is 12.0. The van der Waals surface area contributed by atoms with Crippen LogP contribution < -0.4 is 5.43 Å². The zero-order chi connectivity index (χ0) is 20.8. The van der Waals surface area contributed by atoms with Crippen LogP contribution in [0.4, 0.5) is 0 Å². The third kappa shape index (κ3) is 5.56. The van der Waals surface area contributed by atoms with Crippen molar-refractivity contribution in [1.82, 2.24) is 5.43 Å². The Hall–Kier alpha value is -2.90. The molecule has 3 aromatic rings. The predicted octanol–water partition coefficient (Wildman–Crippen LogP) is 4.84. The van der Waals surface area contributed by atoms with E-state index in [9.17, 15) is 9.59 Å². The van der Waals surface area contributed by atoms with E-state index >= 15 is 0 Å². The quantitative estimate of drug-likeness (QED) is 0.314. The van der Waals surface area contributed by atoms with E-state index in [1.165, 1.54) is 13.3 Å². The van der Waals surface area contributed by atoms with Gasteiger partial charge in [0.2, 0.25) is 5.91 Å². The van der Waals surface area contributed by atoms with Gasteiger partial charge < -0.3 is 9.15 Å². The topological polar surface area (TPSA) is 80.9 Å². The van der Waals surface area contributed by atoms with E-state index in [0.29, 0.717) is 22.1 Å². The van der Waals surface area contributed by atoms with E-state index in [-0.39, 0.29) is 17.9 Å². The molecule has 0 unspecified atom stereocenters. The lowest BCUT2D eigenvalue weighted by atomic mass is 10.1. The predicted molar refractivity (Wildman–Crippen MR) is 114 cm³/mol. The van der Waals surface area contributed by atoms with Crippen LogP contribution in [0.25, 0.3) is 11.3 Å². The molecule has 2 aromatic carbocycles. The van der Waals surface area contributed by atoms with Crippen molar-refractivity contribution in [2.75, 3.05) is 7.11 Å². The highest BCUT2D eigenvalue weighted by Crippen LogP contribution is 2.27. The lowest BCUT2D eigenvalue weighted by Gasteiger charge is -2.04. The summed E-state index contributed by atoms with van der Waals surface area (Å²) < 4.78 is 11.4. The molecule has 0 aliphatic rings. The number of nitrogens with one attached hydrogen (secondary N) is 1. The highest BCUT2D eigenvalue weighted by molar-refractivity contribution is 9.10. The first-order valence-corrected chi connectivity index (χ1v) is 9.68. The van der Waals surface area contributed by atoms with E-state index < -0.39 is 5.97 Å². The molecule has 0 aliphatic heterocycles. The van der Waals surface area contributed by atoms with Crippen molar-refractivity contribution in [3.8, 4) is 11.3 Å². The van der Waals surface area contributed by atoms with Crippen LogP contribution in [0.3, 0.4) is 0 Å². The first-order valence-electron chi connectivity index (χ1n) is 8.50. The van der Waals surface area contributed by atoms with Gasteiger partial charge in [-0.3, -0.25) is 4.79 Å². The van der Waals surface area contributed by atoms with Crippen molar-refractivity contribution in [3.05, 3.63) is 81.0 Å². The molecule has 1 aromatic heterocycles. The van der Waals surface area contributed by atoms with E-state index in [1.807, 2.05) is 24.3 Å². The van der Waals surface area contributed by atoms with Crippen LogP contribution in [-0.4, -0.2) is 25.2 Å². The fraction of sp³-hybridized carbons (Fsp3) is 0.0952. The molecule has 0 fully saturated rings. The summed E-state index contributed by atoms with van der Waals surface area (Å²) in [6.07, 6.45) is 1.62. The van der Waals surface area contributed by atoms with Gasteiger partial charge in [0, 0.05) is 10.0 Å². The molecule has 1 amide bonds. The van der Waals surface area contributed by atoms with E-state index in [4.69, 9.17) is 20.8 Å². The minimum absolute atomic E-state index is 0.217. The van der Waals surface area contributed by atoms with Gasteiger partial charge in [0.1, 0.15) is 11.5 Å². The van der Waals surface area contributed by atoms with Crippen molar-refractivity contribution in [2.24, 2.45) is 5.10 Å². The van der Waals surface area contributed by atoms with Gasteiger partial charge in [0.05, 0.1) is 30.3 Å². The Labute approximate surface area is 180 Å². The Balaban J connectivity index is 1.63. The monoisotopic (exact) mass is 474 g/mol. The first kappa shape index (κ1) is 20.8. The molecule has 1 N–H and O–H groups in total. The molecule has 0 atom stereocenters. The minimum atomic E-state index is -0.529. The van der Waals surface area contributed by atoms with Crippen LogP contribution in [0.5, 0.6) is 0 Å². The average molecular weight is 476 g/mol. The van der Waals surface area contributed by atoms with Gasteiger partial charge in [-0.1, -0.05) is 39.7 Å². The van der Waals surface area contributed by atoms with Gasteiger partial charge in [-0.25, -0.2) is 10.2 Å². The third-order valence-electron chi connectivity index (χ3n) is 3.94. The number of benzene rings is 2. The maximum Gasteiger partial charge on any atom is 0.339 e. The fourth-order valence-corrected chi connectivity index (χ4v) is 2.98. The number of ether oxygens (including phenoxy) is 1. The molecule has 0 saturated carbocycles. The lowest BCUT2D eigenvalue weighted by Crippen LogP contribution is -2.19. The zero-order valence-electron chi connectivity index (χ0n) is 15.3. The van der Waals surface area contributed by atoms with Crippen molar-refractivity contribution in [2.45, 2.75) is 6.42 Å². The van der Waals surface area contributed by atoms with Crippen LogP contribution >= 0.6 is 27.5 Å². The Morgan fingerprint density at radius 1 is 1.17 bits per heavy atom. The fourth-order valence-electron chi connectivity index (χ4n) is 2.52. The number of nitrogens with zero attached hydrogens (tertiary/aromatic N) is 1. The van der Waals surface area contributed by atoms with Crippen LogP contribution in [-0.2, 0) is 16.0 Å². The van der Waals surface area contributed by atoms with Gasteiger partial charge in [-0.2, -0.15) is 5.10 Å². The number of hydrogen-bond donors (Lipinski definition) is 1. The smallest absolute Gasteiger partial charge is 0.339 e. The summed E-state index contributed by atoms with van der Waals surface area (Å²) in [4.78, 5) is 23.7. The molecule has 0 radical (unpaired) electrons. The number of hydrazone groups is 1. The summed E-state index contributed by atoms with van der Waals surface area (Å²) in [5.74, 6) is 0.197. The molecule has 3 rings (SSSR count). The van der Waals surface area contributed by atoms with Crippen molar-refractivity contribution in [3.63, 3.8) is 0 Å². The Morgan fingerprint density at radius 3 is 2.66 bits per heavy atom. The standard InChI is InChI=1S/C21H16BrClN2O4/c1-28-21(27)17-11-14(4-8-18(17)23)19-9-7-16(29-19)12-24-25-20(26)10-13-2-5-15(22)6-3-13/h2-9,11-12H,10H2,1H3,(H,25,26)/b24-12-. The Morgan fingerprint density at radius 2 is 1.93 bits per heavy atom. The zero-order valence-corrected chi connectivity index (χ0v) is 17.7. The molecule has 0 aliphatic carbocycles. The number of methoxy groups -OCH3 is 1. The highest BCUT2D eigenvalue weighted by atomic mass is 79.9.